The van der Waals surface area contributed by atoms with Gasteiger partial charge in [0.05, 0.1) is 24.0 Å². The van der Waals surface area contributed by atoms with Crippen molar-refractivity contribution in [3.05, 3.63) is 41.0 Å². The van der Waals surface area contributed by atoms with E-state index in [1.165, 1.54) is 27.4 Å². The summed E-state index contributed by atoms with van der Waals surface area (Å²) in [5.74, 6) is -1.94. The monoisotopic (exact) mass is 620 g/mol. The number of phenols is 1. The maximum atomic E-state index is 13.0. The summed E-state index contributed by atoms with van der Waals surface area (Å²) in [5.41, 5.74) is 2.43. The first-order valence-corrected chi connectivity index (χ1v) is 14.8. The summed E-state index contributed by atoms with van der Waals surface area (Å²) in [5, 5.41) is 39.3. The Kier molecular flexibility index (Phi) is 12.0. The number of oxime groups is 1. The minimum absolute atomic E-state index is 0.128. The van der Waals surface area contributed by atoms with Gasteiger partial charge in [0.15, 0.2) is 12.3 Å². The zero-order valence-corrected chi connectivity index (χ0v) is 27.0. The van der Waals surface area contributed by atoms with Crippen molar-refractivity contribution in [1.82, 2.24) is 5.32 Å². The average Bonchev–Trinajstić information content (AvgIpc) is 2.97. The first kappa shape index (κ1) is 35.4. The molecule has 1 amide bonds. The smallest absolute Gasteiger partial charge is 0.342 e. The molecular weight excluding hydrogens is 572 g/mol. The van der Waals surface area contributed by atoms with E-state index in [-0.39, 0.29) is 24.2 Å². The summed E-state index contributed by atoms with van der Waals surface area (Å²) in [4.78, 5) is 30.9. The standard InChI is InChI=1S/C32H48N2O10/c1-16(2)12-23(40-7)28(37)29(38)33-30(41-8)24-15-25(34-42-9)32(5,6)26(43-24)14-21(36)18(4)22-13-19-17(3)10-11-20(35)27(19)31(39)44-22/h10-11,18,21-24,26,28,30,35-37H,1,12-15H2,2-9H3,(H,33,38)/b34-25+. The summed E-state index contributed by atoms with van der Waals surface area (Å²) in [6.07, 6.45) is -5.14. The summed E-state index contributed by atoms with van der Waals surface area (Å²) in [6.45, 7) is 13.1. The number of esters is 1. The number of ether oxygens (including phenoxy) is 4. The minimum Gasteiger partial charge on any atom is -0.507 e. The molecule has 2 aliphatic heterocycles. The van der Waals surface area contributed by atoms with Gasteiger partial charge < -0.3 is 44.4 Å². The van der Waals surface area contributed by atoms with Gasteiger partial charge in [0.25, 0.3) is 5.91 Å². The highest BCUT2D eigenvalue weighted by molar-refractivity contribution is 5.95. The first-order chi connectivity index (χ1) is 20.7. The largest absolute Gasteiger partial charge is 0.507 e. The van der Waals surface area contributed by atoms with E-state index in [2.05, 4.69) is 17.1 Å². The van der Waals surface area contributed by atoms with Crippen LogP contribution in [0, 0.1) is 18.3 Å². The molecule has 3 rings (SSSR count). The van der Waals surface area contributed by atoms with Crippen LogP contribution in [0.25, 0.3) is 0 Å². The fourth-order valence-corrected chi connectivity index (χ4v) is 5.87. The lowest BCUT2D eigenvalue weighted by atomic mass is 9.73. The van der Waals surface area contributed by atoms with Gasteiger partial charge in [-0.1, -0.05) is 37.6 Å². The van der Waals surface area contributed by atoms with Gasteiger partial charge in [-0.25, -0.2) is 4.79 Å². The highest BCUT2D eigenvalue weighted by Crippen LogP contribution is 2.40. The molecule has 0 aliphatic carbocycles. The predicted molar refractivity (Wildman–Crippen MR) is 162 cm³/mol. The molecule has 2 aliphatic rings. The Morgan fingerprint density at radius 3 is 2.45 bits per heavy atom. The number of rotatable bonds is 13. The van der Waals surface area contributed by atoms with Crippen molar-refractivity contribution in [2.45, 2.75) is 103 Å². The number of hydrogen-bond donors (Lipinski definition) is 4. The topological polar surface area (TPSA) is 165 Å². The highest BCUT2D eigenvalue weighted by Gasteiger charge is 2.48. The van der Waals surface area contributed by atoms with Crippen LogP contribution in [0.15, 0.2) is 29.4 Å². The third-order valence-corrected chi connectivity index (χ3v) is 8.87. The molecule has 8 unspecified atom stereocenters. The van der Waals surface area contributed by atoms with Crippen LogP contribution in [0.1, 0.15) is 68.4 Å². The number of phenolic OH excluding ortho intramolecular Hbond substituents is 1. The number of fused-ring (bicyclic) bond motifs is 1. The Hall–Kier alpha value is -3.03. The molecule has 4 N–H and O–H groups in total. The van der Waals surface area contributed by atoms with Gasteiger partial charge in [0.1, 0.15) is 30.6 Å². The summed E-state index contributed by atoms with van der Waals surface area (Å²) in [6, 6.07) is 3.22. The third kappa shape index (κ3) is 7.78. The molecule has 0 aromatic heterocycles. The molecule has 44 heavy (non-hydrogen) atoms. The van der Waals surface area contributed by atoms with E-state index in [4.69, 9.17) is 23.8 Å². The normalized spacial score (nSPS) is 25.6. The fraction of sp³-hybridized carbons (Fsp3) is 0.656. The Labute approximate surface area is 259 Å². The number of carbonyl (C=O) groups is 2. The minimum atomic E-state index is -1.48. The number of benzene rings is 1. The summed E-state index contributed by atoms with van der Waals surface area (Å²) in [7, 11) is 4.26. The Morgan fingerprint density at radius 1 is 1.18 bits per heavy atom. The maximum absolute atomic E-state index is 13.0. The Bertz CT molecular complexity index is 1230. The van der Waals surface area contributed by atoms with Crippen molar-refractivity contribution < 1.29 is 48.7 Å². The van der Waals surface area contributed by atoms with Gasteiger partial charge in [-0.3, -0.25) is 4.79 Å². The van der Waals surface area contributed by atoms with Crippen LogP contribution >= 0.6 is 0 Å². The second kappa shape index (κ2) is 14.8. The second-order valence-corrected chi connectivity index (χ2v) is 12.4. The molecule has 1 fully saturated rings. The number of hydrogen-bond acceptors (Lipinski definition) is 11. The molecule has 1 saturated heterocycles. The van der Waals surface area contributed by atoms with Crippen LogP contribution in [0.2, 0.25) is 0 Å². The number of methoxy groups -OCH3 is 2. The number of carbonyl (C=O) groups excluding carboxylic acids is 2. The van der Waals surface area contributed by atoms with E-state index in [9.17, 15) is 24.9 Å². The molecule has 12 nitrogen and oxygen atoms in total. The van der Waals surface area contributed by atoms with Crippen LogP contribution in [0.3, 0.4) is 0 Å². The van der Waals surface area contributed by atoms with Gasteiger partial charge >= 0.3 is 5.97 Å². The van der Waals surface area contributed by atoms with Crippen molar-refractivity contribution in [1.29, 1.82) is 0 Å². The number of nitrogens with zero attached hydrogens (tertiary/aromatic N) is 1. The van der Waals surface area contributed by atoms with E-state index in [0.29, 0.717) is 24.1 Å². The van der Waals surface area contributed by atoms with E-state index >= 15 is 0 Å². The van der Waals surface area contributed by atoms with Gasteiger partial charge in [-0.05, 0) is 37.5 Å². The number of cyclic esters (lactones) is 1. The fourth-order valence-electron chi connectivity index (χ4n) is 5.87. The molecule has 1 aromatic carbocycles. The third-order valence-electron chi connectivity index (χ3n) is 8.87. The number of amides is 1. The summed E-state index contributed by atoms with van der Waals surface area (Å²) >= 11 is 0. The zero-order valence-electron chi connectivity index (χ0n) is 27.0. The molecular formula is C32H48N2O10. The predicted octanol–water partition coefficient (Wildman–Crippen LogP) is 2.79. The highest BCUT2D eigenvalue weighted by atomic mass is 16.6. The van der Waals surface area contributed by atoms with Crippen LogP contribution in [0.5, 0.6) is 5.75 Å². The quantitative estimate of drug-likeness (QED) is 0.112. The number of aliphatic hydroxyl groups excluding tert-OH is 2. The lowest BCUT2D eigenvalue weighted by Crippen LogP contribution is -2.58. The van der Waals surface area contributed by atoms with Crippen LogP contribution in [-0.4, -0.2) is 97.1 Å². The maximum Gasteiger partial charge on any atom is 0.342 e. The van der Waals surface area contributed by atoms with Crippen molar-refractivity contribution in [2.75, 3.05) is 21.3 Å². The van der Waals surface area contributed by atoms with Crippen molar-refractivity contribution >= 4 is 17.6 Å². The lowest BCUT2D eigenvalue weighted by Gasteiger charge is -2.46. The Balaban J connectivity index is 1.79. The Morgan fingerprint density at radius 2 is 1.86 bits per heavy atom. The van der Waals surface area contributed by atoms with Gasteiger partial charge in [-0.2, -0.15) is 0 Å². The van der Waals surface area contributed by atoms with Crippen molar-refractivity contribution in [3.63, 3.8) is 0 Å². The van der Waals surface area contributed by atoms with E-state index in [1.54, 1.807) is 19.9 Å². The van der Waals surface area contributed by atoms with Gasteiger partial charge in [0.2, 0.25) is 0 Å². The van der Waals surface area contributed by atoms with Gasteiger partial charge in [-0.15, -0.1) is 6.58 Å². The van der Waals surface area contributed by atoms with Crippen molar-refractivity contribution in [3.8, 4) is 5.75 Å². The molecule has 0 radical (unpaired) electrons. The van der Waals surface area contributed by atoms with Crippen molar-refractivity contribution in [2.24, 2.45) is 16.5 Å². The van der Waals surface area contributed by atoms with Crippen LogP contribution < -0.4 is 5.32 Å². The number of aromatic hydroxyl groups is 1. The van der Waals surface area contributed by atoms with Crippen LogP contribution in [0.4, 0.5) is 0 Å². The molecule has 2 heterocycles. The van der Waals surface area contributed by atoms with Gasteiger partial charge in [0, 0.05) is 44.8 Å². The molecule has 8 atom stereocenters. The molecule has 0 bridgehead atoms. The molecule has 246 valence electrons. The molecule has 0 spiro atoms. The molecule has 1 aromatic rings. The number of nitrogens with one attached hydrogen (secondary N) is 1. The summed E-state index contributed by atoms with van der Waals surface area (Å²) < 4.78 is 23.1. The SMILES string of the molecule is C=C(C)CC(OC)C(O)C(=O)NC(OC)C1C/C(=N\OC)C(C)(C)C(CC(O)C(C)C2Cc3c(C)ccc(O)c3C(=O)O2)O1. The molecule has 12 heteroatoms. The zero-order chi connectivity index (χ0) is 32.9. The average molecular weight is 621 g/mol. The molecule has 0 saturated carbocycles. The van der Waals surface area contributed by atoms with E-state index < -0.39 is 66.1 Å². The number of aliphatic hydroxyl groups is 2. The first-order valence-electron chi connectivity index (χ1n) is 14.8. The lowest BCUT2D eigenvalue weighted by molar-refractivity contribution is -0.161. The number of aryl methyl sites for hydroxylation is 1. The van der Waals surface area contributed by atoms with E-state index in [1.807, 2.05) is 20.8 Å². The van der Waals surface area contributed by atoms with E-state index in [0.717, 1.165) is 11.1 Å². The van der Waals surface area contributed by atoms with Crippen LogP contribution in [-0.2, 0) is 35.0 Å². The second-order valence-electron chi connectivity index (χ2n) is 12.4.